The van der Waals surface area contributed by atoms with Crippen LogP contribution in [0.4, 0.5) is 0 Å². The molecule has 1 aromatic carbocycles. The molecule has 1 aromatic rings. The standard InChI is InChI=1S/C16H23NO4/c1-16(2)20-13-10-19-14(15(13)21-16)12(18)9-17-8-11-6-4-3-5-7-11/h3-7,12-15,17-18H,8-10H2,1-2H3/t12-,13-,14-,15-/m1/s1. The van der Waals surface area contributed by atoms with Crippen molar-refractivity contribution in [1.82, 2.24) is 5.32 Å². The van der Waals surface area contributed by atoms with E-state index in [1.165, 1.54) is 5.56 Å². The molecule has 0 spiro atoms. The number of rotatable bonds is 5. The maximum absolute atomic E-state index is 10.3. The van der Waals surface area contributed by atoms with Crippen molar-refractivity contribution >= 4 is 0 Å². The zero-order chi connectivity index (χ0) is 14.9. The monoisotopic (exact) mass is 293 g/mol. The molecule has 0 bridgehead atoms. The fourth-order valence-corrected chi connectivity index (χ4v) is 2.98. The molecular weight excluding hydrogens is 270 g/mol. The molecule has 2 aliphatic heterocycles. The molecule has 5 nitrogen and oxygen atoms in total. The van der Waals surface area contributed by atoms with E-state index in [4.69, 9.17) is 14.2 Å². The molecule has 2 saturated heterocycles. The van der Waals surface area contributed by atoms with E-state index in [0.29, 0.717) is 13.2 Å². The second kappa shape index (κ2) is 6.02. The average Bonchev–Trinajstić information content (AvgIpc) is 2.94. The number of hydrogen-bond donors (Lipinski definition) is 2. The van der Waals surface area contributed by atoms with Crippen LogP contribution in [0.1, 0.15) is 19.4 Å². The zero-order valence-electron chi connectivity index (χ0n) is 12.5. The van der Waals surface area contributed by atoms with Crippen molar-refractivity contribution in [2.45, 2.75) is 50.6 Å². The van der Waals surface area contributed by atoms with Crippen LogP contribution >= 0.6 is 0 Å². The van der Waals surface area contributed by atoms with Gasteiger partial charge in [-0.1, -0.05) is 30.3 Å². The number of ether oxygens (including phenoxy) is 3. The van der Waals surface area contributed by atoms with Gasteiger partial charge in [-0.2, -0.15) is 0 Å². The Hall–Kier alpha value is -0.980. The summed E-state index contributed by atoms with van der Waals surface area (Å²) in [5, 5.41) is 13.6. The van der Waals surface area contributed by atoms with Crippen molar-refractivity contribution in [3.05, 3.63) is 35.9 Å². The summed E-state index contributed by atoms with van der Waals surface area (Å²) in [5.74, 6) is -0.589. The summed E-state index contributed by atoms with van der Waals surface area (Å²) < 4.78 is 17.2. The molecular formula is C16H23NO4. The molecule has 2 heterocycles. The predicted octanol–water partition coefficient (Wildman–Crippen LogP) is 1.06. The van der Waals surface area contributed by atoms with Gasteiger partial charge in [-0.05, 0) is 19.4 Å². The van der Waals surface area contributed by atoms with Gasteiger partial charge in [0, 0.05) is 13.1 Å². The predicted molar refractivity (Wildman–Crippen MR) is 77.7 cm³/mol. The Morgan fingerprint density at radius 3 is 2.81 bits per heavy atom. The van der Waals surface area contributed by atoms with Crippen LogP contribution in [0.3, 0.4) is 0 Å². The normalized spacial score (nSPS) is 32.0. The molecule has 0 aliphatic carbocycles. The van der Waals surface area contributed by atoms with Crippen LogP contribution in [-0.4, -0.2) is 48.5 Å². The fraction of sp³-hybridized carbons (Fsp3) is 0.625. The zero-order valence-corrected chi connectivity index (χ0v) is 12.5. The van der Waals surface area contributed by atoms with E-state index in [9.17, 15) is 5.11 Å². The second-order valence-electron chi connectivity index (χ2n) is 6.12. The minimum Gasteiger partial charge on any atom is -0.389 e. The number of aliphatic hydroxyl groups is 1. The second-order valence-corrected chi connectivity index (χ2v) is 6.12. The molecule has 3 rings (SSSR count). The van der Waals surface area contributed by atoms with Gasteiger partial charge in [0.05, 0.1) is 12.7 Å². The van der Waals surface area contributed by atoms with Gasteiger partial charge in [0.15, 0.2) is 5.79 Å². The van der Waals surface area contributed by atoms with Crippen LogP contribution in [-0.2, 0) is 20.8 Å². The molecule has 0 amide bonds. The van der Waals surface area contributed by atoms with Crippen LogP contribution in [0.2, 0.25) is 0 Å². The van der Waals surface area contributed by atoms with Gasteiger partial charge >= 0.3 is 0 Å². The molecule has 0 aromatic heterocycles. The highest BCUT2D eigenvalue weighted by Gasteiger charge is 2.51. The summed E-state index contributed by atoms with van der Waals surface area (Å²) in [4.78, 5) is 0. The molecule has 2 fully saturated rings. The van der Waals surface area contributed by atoms with Gasteiger partial charge in [0.1, 0.15) is 18.3 Å². The summed E-state index contributed by atoms with van der Waals surface area (Å²) in [6.07, 6.45) is -1.21. The van der Waals surface area contributed by atoms with Gasteiger partial charge in [0.2, 0.25) is 0 Å². The first kappa shape index (κ1) is 14.9. The van der Waals surface area contributed by atoms with Crippen molar-refractivity contribution in [2.75, 3.05) is 13.2 Å². The maximum Gasteiger partial charge on any atom is 0.164 e. The fourth-order valence-electron chi connectivity index (χ4n) is 2.98. The van der Waals surface area contributed by atoms with Gasteiger partial charge < -0.3 is 24.6 Å². The first-order valence-electron chi connectivity index (χ1n) is 7.45. The summed E-state index contributed by atoms with van der Waals surface area (Å²) in [6, 6.07) is 10.1. The summed E-state index contributed by atoms with van der Waals surface area (Å²) >= 11 is 0. The maximum atomic E-state index is 10.3. The minimum absolute atomic E-state index is 0.0752. The van der Waals surface area contributed by atoms with Crippen LogP contribution in [0.25, 0.3) is 0 Å². The summed E-state index contributed by atoms with van der Waals surface area (Å²) in [5.41, 5.74) is 1.19. The number of hydrogen-bond acceptors (Lipinski definition) is 5. The topological polar surface area (TPSA) is 60.0 Å². The lowest BCUT2D eigenvalue weighted by Gasteiger charge is -2.25. The number of fused-ring (bicyclic) bond motifs is 1. The Morgan fingerprint density at radius 2 is 2.05 bits per heavy atom. The summed E-state index contributed by atoms with van der Waals surface area (Å²) in [6.45, 7) is 5.45. The molecule has 5 heteroatoms. The van der Waals surface area contributed by atoms with E-state index < -0.39 is 11.9 Å². The first-order chi connectivity index (χ1) is 10.1. The lowest BCUT2D eigenvalue weighted by molar-refractivity contribution is -0.183. The Morgan fingerprint density at radius 1 is 1.29 bits per heavy atom. The average molecular weight is 293 g/mol. The van der Waals surface area contributed by atoms with Crippen molar-refractivity contribution < 1.29 is 19.3 Å². The number of benzene rings is 1. The van der Waals surface area contributed by atoms with Crippen LogP contribution in [0.15, 0.2) is 30.3 Å². The van der Waals surface area contributed by atoms with E-state index in [1.54, 1.807) is 0 Å². The van der Waals surface area contributed by atoms with Crippen LogP contribution in [0.5, 0.6) is 0 Å². The van der Waals surface area contributed by atoms with Crippen LogP contribution < -0.4 is 5.32 Å². The van der Waals surface area contributed by atoms with E-state index >= 15 is 0 Å². The van der Waals surface area contributed by atoms with Gasteiger partial charge in [-0.3, -0.25) is 0 Å². The highest BCUT2D eigenvalue weighted by Crippen LogP contribution is 2.36. The lowest BCUT2D eigenvalue weighted by Crippen LogP contribution is -2.43. The van der Waals surface area contributed by atoms with Gasteiger partial charge in [0.25, 0.3) is 0 Å². The Labute approximate surface area is 125 Å². The molecule has 2 N–H and O–H groups in total. The Bertz CT molecular complexity index is 465. The van der Waals surface area contributed by atoms with Crippen molar-refractivity contribution in [3.63, 3.8) is 0 Å². The largest absolute Gasteiger partial charge is 0.389 e. The Kier molecular flexibility index (Phi) is 4.28. The smallest absolute Gasteiger partial charge is 0.164 e. The minimum atomic E-state index is -0.610. The Balaban J connectivity index is 1.49. The van der Waals surface area contributed by atoms with Gasteiger partial charge in [-0.25, -0.2) is 0 Å². The highest BCUT2D eigenvalue weighted by atomic mass is 16.8. The molecule has 0 saturated carbocycles. The molecule has 0 radical (unpaired) electrons. The highest BCUT2D eigenvalue weighted by molar-refractivity contribution is 5.14. The third-order valence-electron chi connectivity index (χ3n) is 3.90. The van der Waals surface area contributed by atoms with Crippen molar-refractivity contribution in [2.24, 2.45) is 0 Å². The molecule has 21 heavy (non-hydrogen) atoms. The van der Waals surface area contributed by atoms with Gasteiger partial charge in [-0.15, -0.1) is 0 Å². The van der Waals surface area contributed by atoms with E-state index in [2.05, 4.69) is 17.4 Å². The SMILES string of the molecule is CC1(C)O[C@H]2[C@@H]([C@H](O)CNCc3ccccc3)OC[C@H]2O1. The van der Waals surface area contributed by atoms with Crippen LogP contribution in [0, 0.1) is 0 Å². The van der Waals surface area contributed by atoms with E-state index in [-0.39, 0.29) is 18.3 Å². The molecule has 2 aliphatic rings. The number of nitrogens with one attached hydrogen (secondary N) is 1. The van der Waals surface area contributed by atoms with Crippen molar-refractivity contribution in [1.29, 1.82) is 0 Å². The lowest BCUT2D eigenvalue weighted by atomic mass is 10.1. The molecule has 0 unspecified atom stereocenters. The first-order valence-corrected chi connectivity index (χ1v) is 7.45. The third kappa shape index (κ3) is 3.44. The van der Waals surface area contributed by atoms with Crippen molar-refractivity contribution in [3.8, 4) is 0 Å². The quantitative estimate of drug-likeness (QED) is 0.850. The van der Waals surface area contributed by atoms with E-state index in [1.807, 2.05) is 32.0 Å². The molecule has 4 atom stereocenters. The summed E-state index contributed by atoms with van der Waals surface area (Å²) in [7, 11) is 0. The molecule has 116 valence electrons. The number of aliphatic hydroxyl groups excluding tert-OH is 1. The third-order valence-corrected chi connectivity index (χ3v) is 3.90. The van der Waals surface area contributed by atoms with E-state index in [0.717, 1.165) is 6.54 Å².